The van der Waals surface area contributed by atoms with Crippen LogP contribution in [0.3, 0.4) is 0 Å². The molecule has 2 heterocycles. The second kappa shape index (κ2) is 7.99. The Kier molecular flexibility index (Phi) is 5.51. The van der Waals surface area contributed by atoms with E-state index in [1.165, 1.54) is 0 Å². The number of imidazole rings is 1. The smallest absolute Gasteiger partial charge is 0.293 e. The first-order valence-corrected chi connectivity index (χ1v) is 8.88. The van der Waals surface area contributed by atoms with Gasteiger partial charge in [0.15, 0.2) is 0 Å². The first-order valence-electron chi connectivity index (χ1n) is 8.88. The van der Waals surface area contributed by atoms with Crippen LogP contribution >= 0.6 is 0 Å². The van der Waals surface area contributed by atoms with E-state index >= 15 is 0 Å². The molecule has 2 aliphatic rings. The maximum Gasteiger partial charge on any atom is 0.293 e. The number of nitrogens with zero attached hydrogens (tertiary/aromatic N) is 6. The molecule has 1 saturated carbocycles. The molecule has 1 amide bonds. The Hall–Kier alpha value is -2.89. The number of hydrogen-bond donors (Lipinski definition) is 1. The molecule has 3 rings (SSSR count). The Balaban J connectivity index is 1.48. The van der Waals surface area contributed by atoms with Crippen molar-refractivity contribution >= 4 is 17.5 Å². The summed E-state index contributed by atoms with van der Waals surface area (Å²) in [7, 11) is 0. The van der Waals surface area contributed by atoms with Gasteiger partial charge in [0, 0.05) is 12.6 Å². The van der Waals surface area contributed by atoms with Crippen molar-refractivity contribution < 1.29 is 4.79 Å². The van der Waals surface area contributed by atoms with E-state index in [0.717, 1.165) is 32.1 Å². The third kappa shape index (κ3) is 3.69. The number of carbonyl (C=O) groups excluding carboxylic acids is 1. The SMILES string of the molecule is [C-]#[N+]c1ncn(CC2CCC(NCC(=O)N3CCC[C@H]3C#N)C2)c1[N+]#[C-]. The summed E-state index contributed by atoms with van der Waals surface area (Å²) >= 11 is 0. The highest BCUT2D eigenvalue weighted by molar-refractivity contribution is 5.79. The molecule has 2 unspecified atom stereocenters. The van der Waals surface area contributed by atoms with Crippen LogP contribution in [0.25, 0.3) is 9.69 Å². The molecule has 1 aromatic rings. The van der Waals surface area contributed by atoms with E-state index in [9.17, 15) is 4.79 Å². The lowest BCUT2D eigenvalue weighted by Gasteiger charge is -2.21. The molecule has 8 heteroatoms. The van der Waals surface area contributed by atoms with Crippen molar-refractivity contribution in [2.45, 2.75) is 50.7 Å². The highest BCUT2D eigenvalue weighted by Crippen LogP contribution is 2.32. The molecule has 0 bridgehead atoms. The van der Waals surface area contributed by atoms with Gasteiger partial charge in [-0.3, -0.25) is 9.36 Å². The molecule has 0 radical (unpaired) electrons. The number of aromatic nitrogens is 2. The van der Waals surface area contributed by atoms with Gasteiger partial charge in [0.25, 0.3) is 18.0 Å². The molecule has 0 spiro atoms. The Bertz CT molecular complexity index is 794. The molecule has 3 atom stereocenters. The molecule has 1 N–H and O–H groups in total. The summed E-state index contributed by atoms with van der Waals surface area (Å²) in [5.74, 6) is 0.873. The van der Waals surface area contributed by atoms with Crippen molar-refractivity contribution in [3.05, 3.63) is 29.2 Å². The summed E-state index contributed by atoms with van der Waals surface area (Å²) in [5, 5.41) is 12.4. The number of carbonyl (C=O) groups is 1. The van der Waals surface area contributed by atoms with Crippen molar-refractivity contribution in [2.75, 3.05) is 13.1 Å². The Morgan fingerprint density at radius 3 is 2.96 bits per heavy atom. The summed E-state index contributed by atoms with van der Waals surface area (Å²) in [6.45, 7) is 15.9. The van der Waals surface area contributed by atoms with Crippen LogP contribution in [0.5, 0.6) is 0 Å². The second-order valence-electron chi connectivity index (χ2n) is 6.90. The van der Waals surface area contributed by atoms with E-state index in [0.29, 0.717) is 24.8 Å². The van der Waals surface area contributed by atoms with E-state index in [-0.39, 0.29) is 30.4 Å². The van der Waals surface area contributed by atoms with Gasteiger partial charge in [0.1, 0.15) is 6.04 Å². The van der Waals surface area contributed by atoms with Crippen LogP contribution in [-0.2, 0) is 11.3 Å². The predicted octanol–water partition coefficient (Wildman–Crippen LogP) is 2.26. The lowest BCUT2D eigenvalue weighted by atomic mass is 10.1. The van der Waals surface area contributed by atoms with Crippen molar-refractivity contribution in [1.82, 2.24) is 19.8 Å². The van der Waals surface area contributed by atoms with Gasteiger partial charge in [0.2, 0.25) is 5.91 Å². The number of amides is 1. The molecule has 8 nitrogen and oxygen atoms in total. The summed E-state index contributed by atoms with van der Waals surface area (Å²) in [4.78, 5) is 24.7. The average molecular weight is 351 g/mol. The van der Waals surface area contributed by atoms with Gasteiger partial charge in [-0.2, -0.15) is 5.26 Å². The Morgan fingerprint density at radius 1 is 1.38 bits per heavy atom. The minimum absolute atomic E-state index is 0.00380. The van der Waals surface area contributed by atoms with Gasteiger partial charge in [0.05, 0.1) is 19.2 Å². The zero-order valence-electron chi connectivity index (χ0n) is 14.6. The van der Waals surface area contributed by atoms with Crippen molar-refractivity contribution in [1.29, 1.82) is 5.26 Å². The van der Waals surface area contributed by atoms with E-state index in [2.05, 4.69) is 26.1 Å². The topological polar surface area (TPSA) is 82.7 Å². The van der Waals surface area contributed by atoms with Crippen LogP contribution < -0.4 is 5.32 Å². The molecule has 1 aromatic heterocycles. The minimum Gasteiger partial charge on any atom is -0.373 e. The van der Waals surface area contributed by atoms with Gasteiger partial charge < -0.3 is 19.9 Å². The first kappa shape index (κ1) is 17.9. The fourth-order valence-corrected chi connectivity index (χ4v) is 3.93. The molecule has 1 aliphatic carbocycles. The molecule has 134 valence electrons. The molecule has 26 heavy (non-hydrogen) atoms. The van der Waals surface area contributed by atoms with E-state index in [1.807, 2.05) is 0 Å². The van der Waals surface area contributed by atoms with E-state index in [1.54, 1.807) is 15.8 Å². The second-order valence-corrected chi connectivity index (χ2v) is 6.90. The van der Waals surface area contributed by atoms with Crippen LogP contribution in [0.1, 0.15) is 32.1 Å². The fraction of sp³-hybridized carbons (Fsp3) is 0.611. The van der Waals surface area contributed by atoms with Crippen molar-refractivity contribution in [2.24, 2.45) is 5.92 Å². The number of rotatable bonds is 5. The summed E-state index contributed by atoms with van der Waals surface area (Å²) < 4.78 is 1.76. The van der Waals surface area contributed by atoms with Gasteiger partial charge in [-0.1, -0.05) is 18.1 Å². The summed E-state index contributed by atoms with van der Waals surface area (Å²) in [5.41, 5.74) is 0. The van der Waals surface area contributed by atoms with E-state index < -0.39 is 0 Å². The molecular weight excluding hydrogens is 330 g/mol. The molecule has 1 aliphatic heterocycles. The summed E-state index contributed by atoms with van der Waals surface area (Å²) in [6.07, 6.45) is 6.17. The molecular formula is C18H21N7O. The van der Waals surface area contributed by atoms with Crippen molar-refractivity contribution in [3.63, 3.8) is 0 Å². The first-order chi connectivity index (χ1) is 12.7. The third-order valence-electron chi connectivity index (χ3n) is 5.26. The normalized spacial score (nSPS) is 24.8. The van der Waals surface area contributed by atoms with Crippen LogP contribution in [-0.4, -0.2) is 45.5 Å². The molecule has 1 saturated heterocycles. The van der Waals surface area contributed by atoms with Crippen LogP contribution in [0.2, 0.25) is 0 Å². The predicted molar refractivity (Wildman–Crippen MR) is 94.2 cm³/mol. The van der Waals surface area contributed by atoms with E-state index in [4.69, 9.17) is 18.4 Å². The molecule has 0 aromatic carbocycles. The summed E-state index contributed by atoms with van der Waals surface area (Å²) in [6, 6.07) is 2.20. The van der Waals surface area contributed by atoms with Crippen molar-refractivity contribution in [3.8, 4) is 6.07 Å². The lowest BCUT2D eigenvalue weighted by Crippen LogP contribution is -2.42. The number of nitrogens with one attached hydrogen (secondary N) is 1. The Labute approximate surface area is 153 Å². The van der Waals surface area contributed by atoms with Gasteiger partial charge in [-0.05, 0) is 38.0 Å². The van der Waals surface area contributed by atoms with Crippen LogP contribution in [0.4, 0.5) is 11.6 Å². The maximum atomic E-state index is 12.3. The molecule has 2 fully saturated rings. The fourth-order valence-electron chi connectivity index (χ4n) is 3.93. The Morgan fingerprint density at radius 2 is 2.23 bits per heavy atom. The standard InChI is InChI=1S/C18H21N7O/c1-20-17-18(21-2)24(12-23-17)11-13-5-6-14(8-13)22-10-16(26)25-7-3-4-15(25)9-19/h12-15,22H,3-8,10-11H2/t13?,14?,15-/m0/s1. The zero-order chi connectivity index (χ0) is 18.5. The van der Waals surface area contributed by atoms with Gasteiger partial charge in [-0.15, -0.1) is 0 Å². The van der Waals surface area contributed by atoms with Crippen LogP contribution in [0.15, 0.2) is 6.33 Å². The number of nitriles is 1. The third-order valence-corrected chi connectivity index (χ3v) is 5.26. The highest BCUT2D eigenvalue weighted by atomic mass is 16.2. The van der Waals surface area contributed by atoms with Gasteiger partial charge >= 0.3 is 0 Å². The lowest BCUT2D eigenvalue weighted by molar-refractivity contribution is -0.130. The number of likely N-dealkylation sites (tertiary alicyclic amines) is 1. The highest BCUT2D eigenvalue weighted by Gasteiger charge is 2.31. The number of hydrogen-bond acceptors (Lipinski definition) is 4. The zero-order valence-corrected chi connectivity index (χ0v) is 14.6. The quantitative estimate of drug-likeness (QED) is 0.825. The largest absolute Gasteiger partial charge is 0.373 e. The monoisotopic (exact) mass is 351 g/mol. The van der Waals surface area contributed by atoms with Gasteiger partial charge in [-0.25, -0.2) is 0 Å². The van der Waals surface area contributed by atoms with Crippen LogP contribution in [0, 0.1) is 30.4 Å². The minimum atomic E-state index is -0.273. The maximum absolute atomic E-state index is 12.3. The average Bonchev–Trinajstić information content (AvgIpc) is 3.38.